The van der Waals surface area contributed by atoms with Gasteiger partial charge in [-0.25, -0.2) is 4.98 Å². The molecule has 0 radical (unpaired) electrons. The highest BCUT2D eigenvalue weighted by Crippen LogP contribution is 2.27. The molecule has 0 aliphatic rings. The van der Waals surface area contributed by atoms with Crippen molar-refractivity contribution in [3.05, 3.63) is 5.69 Å². The summed E-state index contributed by atoms with van der Waals surface area (Å²) in [6.45, 7) is 5.11. The fourth-order valence-electron chi connectivity index (χ4n) is 2.38. The Morgan fingerprint density at radius 3 is 2.71 bits per heavy atom. The van der Waals surface area contributed by atoms with Crippen LogP contribution in [0.25, 0.3) is 11.2 Å². The molecule has 0 saturated carbocycles. The van der Waals surface area contributed by atoms with Gasteiger partial charge in [-0.15, -0.1) is 0 Å². The number of thioether (sulfide) groups is 1. The number of carbonyl (C=O) groups is 1. The van der Waals surface area contributed by atoms with Crippen LogP contribution in [0.3, 0.4) is 0 Å². The van der Waals surface area contributed by atoms with E-state index in [9.17, 15) is 4.79 Å². The van der Waals surface area contributed by atoms with Gasteiger partial charge in [0, 0.05) is 13.6 Å². The number of nitrogens with zero attached hydrogens (tertiary/aromatic N) is 4. The smallest absolute Gasteiger partial charge is 0.313 e. The van der Waals surface area contributed by atoms with Gasteiger partial charge in [0.25, 0.3) is 0 Å². The van der Waals surface area contributed by atoms with Crippen molar-refractivity contribution in [1.82, 2.24) is 19.3 Å². The number of carboxylic acid groups (broad SMARTS) is 1. The second-order valence-electron chi connectivity index (χ2n) is 5.07. The molecule has 0 saturated heterocycles. The summed E-state index contributed by atoms with van der Waals surface area (Å²) in [6, 6.07) is 0. The van der Waals surface area contributed by atoms with Crippen LogP contribution in [0.2, 0.25) is 0 Å². The standard InChI is InChI=1S/C14H22N4O2S/c1-4-6-8-18-13-12(10(7-5-2)16-17(13)3)15-14(18)21-9-11(19)20/h4-9H2,1-3H3,(H,19,20). The van der Waals surface area contributed by atoms with Gasteiger partial charge in [-0.1, -0.05) is 38.5 Å². The van der Waals surface area contributed by atoms with Gasteiger partial charge in [0.2, 0.25) is 0 Å². The lowest BCUT2D eigenvalue weighted by Crippen LogP contribution is -2.06. The van der Waals surface area contributed by atoms with Gasteiger partial charge in [0.05, 0.1) is 11.4 Å². The van der Waals surface area contributed by atoms with E-state index in [1.165, 1.54) is 11.8 Å². The molecule has 116 valence electrons. The number of imidazole rings is 1. The highest BCUT2D eigenvalue weighted by Gasteiger charge is 2.19. The van der Waals surface area contributed by atoms with Gasteiger partial charge in [0.1, 0.15) is 5.52 Å². The number of aliphatic carboxylic acids is 1. The molecule has 0 aliphatic carbocycles. The van der Waals surface area contributed by atoms with Gasteiger partial charge in [0.15, 0.2) is 10.8 Å². The summed E-state index contributed by atoms with van der Waals surface area (Å²) in [5.41, 5.74) is 2.92. The Hall–Kier alpha value is -1.50. The summed E-state index contributed by atoms with van der Waals surface area (Å²) in [7, 11) is 1.93. The lowest BCUT2D eigenvalue weighted by atomic mass is 10.2. The zero-order valence-electron chi connectivity index (χ0n) is 12.8. The predicted molar refractivity (Wildman–Crippen MR) is 83.8 cm³/mol. The number of hydrogen-bond acceptors (Lipinski definition) is 4. The van der Waals surface area contributed by atoms with E-state index >= 15 is 0 Å². The number of unbranched alkanes of at least 4 members (excludes halogenated alkanes) is 1. The normalized spacial score (nSPS) is 11.4. The summed E-state index contributed by atoms with van der Waals surface area (Å²) < 4.78 is 3.98. The molecule has 21 heavy (non-hydrogen) atoms. The Morgan fingerprint density at radius 1 is 1.33 bits per heavy atom. The van der Waals surface area contributed by atoms with E-state index in [0.29, 0.717) is 0 Å². The summed E-state index contributed by atoms with van der Waals surface area (Å²) in [6.07, 6.45) is 4.04. The van der Waals surface area contributed by atoms with Crippen LogP contribution in [0.4, 0.5) is 0 Å². The first-order chi connectivity index (χ1) is 10.1. The Balaban J connectivity index is 2.44. The van der Waals surface area contributed by atoms with E-state index in [2.05, 4.69) is 28.5 Å². The third-order valence-electron chi connectivity index (χ3n) is 3.30. The van der Waals surface area contributed by atoms with Crippen molar-refractivity contribution in [3.8, 4) is 0 Å². The highest BCUT2D eigenvalue weighted by atomic mass is 32.2. The minimum Gasteiger partial charge on any atom is -0.481 e. The third kappa shape index (κ3) is 3.40. The molecule has 0 unspecified atom stereocenters. The molecular weight excluding hydrogens is 288 g/mol. The summed E-state index contributed by atoms with van der Waals surface area (Å²) in [4.78, 5) is 15.5. The molecule has 0 aliphatic heterocycles. The fourth-order valence-corrected chi connectivity index (χ4v) is 3.12. The fraction of sp³-hybridized carbons (Fsp3) is 0.643. The van der Waals surface area contributed by atoms with Crippen LogP contribution in [-0.2, 0) is 24.8 Å². The van der Waals surface area contributed by atoms with Crippen molar-refractivity contribution in [2.45, 2.75) is 51.2 Å². The molecule has 6 nitrogen and oxygen atoms in total. The number of aromatic nitrogens is 4. The van der Waals surface area contributed by atoms with E-state index in [0.717, 1.165) is 54.2 Å². The van der Waals surface area contributed by atoms with Crippen molar-refractivity contribution >= 4 is 28.9 Å². The number of fused-ring (bicyclic) bond motifs is 1. The minimum atomic E-state index is -0.819. The number of aryl methyl sites for hydroxylation is 3. The summed E-state index contributed by atoms with van der Waals surface area (Å²) in [5, 5.41) is 14.2. The molecule has 0 amide bonds. The number of rotatable bonds is 8. The summed E-state index contributed by atoms with van der Waals surface area (Å²) >= 11 is 1.28. The Labute approximate surface area is 128 Å². The van der Waals surface area contributed by atoms with Crippen molar-refractivity contribution in [3.63, 3.8) is 0 Å². The Kier molecular flexibility index (Phi) is 5.27. The largest absolute Gasteiger partial charge is 0.481 e. The summed E-state index contributed by atoms with van der Waals surface area (Å²) in [5.74, 6) is -0.785. The molecule has 2 aromatic rings. The topological polar surface area (TPSA) is 72.9 Å². The quantitative estimate of drug-likeness (QED) is 0.759. The van der Waals surface area contributed by atoms with Crippen molar-refractivity contribution in [2.24, 2.45) is 7.05 Å². The van der Waals surface area contributed by atoms with Crippen LogP contribution in [0.15, 0.2) is 5.16 Å². The second kappa shape index (κ2) is 6.98. The Bertz CT molecular complexity index is 632. The zero-order chi connectivity index (χ0) is 15.4. The van der Waals surface area contributed by atoms with Crippen LogP contribution in [0.5, 0.6) is 0 Å². The number of hydrogen-bond donors (Lipinski definition) is 1. The van der Waals surface area contributed by atoms with Gasteiger partial charge in [-0.3, -0.25) is 9.48 Å². The molecule has 0 spiro atoms. The third-order valence-corrected chi connectivity index (χ3v) is 4.26. The average molecular weight is 310 g/mol. The molecule has 1 N–H and O–H groups in total. The van der Waals surface area contributed by atoms with Crippen molar-refractivity contribution in [2.75, 3.05) is 5.75 Å². The molecule has 2 heterocycles. The monoisotopic (exact) mass is 310 g/mol. The lowest BCUT2D eigenvalue weighted by molar-refractivity contribution is -0.133. The van der Waals surface area contributed by atoms with Crippen LogP contribution >= 0.6 is 11.8 Å². The van der Waals surface area contributed by atoms with Gasteiger partial charge >= 0.3 is 5.97 Å². The molecule has 0 fully saturated rings. The molecular formula is C14H22N4O2S. The van der Waals surface area contributed by atoms with Crippen molar-refractivity contribution < 1.29 is 9.90 Å². The van der Waals surface area contributed by atoms with Crippen LogP contribution in [0.1, 0.15) is 38.8 Å². The first kappa shape index (κ1) is 15.9. The predicted octanol–water partition coefficient (Wildman–Crippen LogP) is 2.70. The van der Waals surface area contributed by atoms with E-state index in [-0.39, 0.29) is 5.75 Å². The maximum atomic E-state index is 10.8. The molecule has 2 aromatic heterocycles. The van der Waals surface area contributed by atoms with E-state index < -0.39 is 5.97 Å². The minimum absolute atomic E-state index is 0.0337. The first-order valence-corrected chi connectivity index (χ1v) is 8.33. The molecule has 0 aromatic carbocycles. The second-order valence-corrected chi connectivity index (χ2v) is 6.02. The van der Waals surface area contributed by atoms with Crippen molar-refractivity contribution in [1.29, 1.82) is 0 Å². The van der Waals surface area contributed by atoms with Gasteiger partial charge < -0.3 is 9.67 Å². The first-order valence-electron chi connectivity index (χ1n) is 7.35. The number of carboxylic acids is 1. The van der Waals surface area contributed by atoms with Crippen LogP contribution in [-0.4, -0.2) is 36.2 Å². The highest BCUT2D eigenvalue weighted by molar-refractivity contribution is 7.99. The van der Waals surface area contributed by atoms with E-state index in [1.807, 2.05) is 11.7 Å². The van der Waals surface area contributed by atoms with Crippen LogP contribution in [0, 0.1) is 0 Å². The molecule has 0 atom stereocenters. The lowest BCUT2D eigenvalue weighted by Gasteiger charge is -2.07. The zero-order valence-corrected chi connectivity index (χ0v) is 13.6. The van der Waals surface area contributed by atoms with Gasteiger partial charge in [-0.2, -0.15) is 5.10 Å². The average Bonchev–Trinajstić information content (AvgIpc) is 2.94. The van der Waals surface area contributed by atoms with E-state index in [4.69, 9.17) is 5.11 Å². The molecule has 7 heteroatoms. The SMILES string of the molecule is CCCCn1c(SCC(=O)O)nc2c(CCC)nn(C)c21. The van der Waals surface area contributed by atoms with Crippen LogP contribution < -0.4 is 0 Å². The molecule has 2 rings (SSSR count). The maximum Gasteiger partial charge on any atom is 0.313 e. The van der Waals surface area contributed by atoms with E-state index in [1.54, 1.807) is 0 Å². The Morgan fingerprint density at radius 2 is 2.10 bits per heavy atom. The van der Waals surface area contributed by atoms with Gasteiger partial charge in [-0.05, 0) is 12.8 Å². The molecule has 0 bridgehead atoms. The maximum absolute atomic E-state index is 10.8.